The van der Waals surface area contributed by atoms with E-state index in [4.69, 9.17) is 0 Å². The van der Waals surface area contributed by atoms with Crippen LogP contribution in [0.1, 0.15) is 31.2 Å². The Morgan fingerprint density at radius 2 is 1.89 bits per heavy atom. The molecular weight excluding hydrogens is 323 g/mol. The average molecular weight is 338 g/mol. The molecule has 106 valence electrons. The van der Waals surface area contributed by atoms with Crippen LogP contribution in [-0.4, -0.2) is 17.3 Å². The van der Waals surface area contributed by atoms with E-state index in [1.54, 1.807) is 6.07 Å². The van der Waals surface area contributed by atoms with Crippen molar-refractivity contribution < 1.29 is 18.3 Å². The molecule has 0 saturated heterocycles. The van der Waals surface area contributed by atoms with Gasteiger partial charge in [-0.25, -0.2) is 0 Å². The highest BCUT2D eigenvalue weighted by Crippen LogP contribution is 2.36. The lowest BCUT2D eigenvalue weighted by atomic mass is 10.0. The van der Waals surface area contributed by atoms with Gasteiger partial charge in [0.1, 0.15) is 0 Å². The summed E-state index contributed by atoms with van der Waals surface area (Å²) < 4.78 is 38.2. The maximum absolute atomic E-state index is 12.7. The average Bonchev–Trinajstić information content (AvgIpc) is 2.74. The van der Waals surface area contributed by atoms with Crippen LogP contribution in [-0.2, 0) is 6.18 Å². The van der Waals surface area contributed by atoms with Crippen molar-refractivity contribution in [2.24, 2.45) is 0 Å². The molecule has 6 heteroatoms. The number of benzene rings is 1. The maximum Gasteiger partial charge on any atom is 0.417 e. The Morgan fingerprint density at radius 1 is 1.26 bits per heavy atom. The fourth-order valence-corrected chi connectivity index (χ4v) is 2.80. The van der Waals surface area contributed by atoms with E-state index in [1.165, 1.54) is 6.07 Å². The van der Waals surface area contributed by atoms with Gasteiger partial charge in [0.25, 0.3) is 0 Å². The van der Waals surface area contributed by atoms with E-state index in [9.17, 15) is 18.3 Å². The second-order valence-electron chi connectivity index (χ2n) is 4.98. The number of nitrogens with one attached hydrogen (secondary N) is 1. The van der Waals surface area contributed by atoms with Gasteiger partial charge in [0.15, 0.2) is 0 Å². The second kappa shape index (κ2) is 5.32. The fraction of sp³-hybridized carbons (Fsp3) is 0.538. The van der Waals surface area contributed by atoms with Gasteiger partial charge in [0.05, 0.1) is 11.2 Å². The quantitative estimate of drug-likeness (QED) is 0.866. The zero-order chi connectivity index (χ0) is 14.1. The lowest BCUT2D eigenvalue weighted by molar-refractivity contribution is -0.138. The molecule has 2 N–H and O–H groups in total. The zero-order valence-corrected chi connectivity index (χ0v) is 11.8. The summed E-state index contributed by atoms with van der Waals surface area (Å²) in [5, 5.41) is 13.0. The summed E-state index contributed by atoms with van der Waals surface area (Å²) in [7, 11) is 0. The molecule has 19 heavy (non-hydrogen) atoms. The van der Waals surface area contributed by atoms with Gasteiger partial charge >= 0.3 is 6.18 Å². The minimum absolute atomic E-state index is 0.0186. The van der Waals surface area contributed by atoms with Gasteiger partial charge in [-0.2, -0.15) is 13.2 Å². The smallest absolute Gasteiger partial charge is 0.388 e. The molecule has 1 aromatic rings. The molecule has 1 aliphatic rings. The predicted molar refractivity (Wildman–Crippen MR) is 71.1 cm³/mol. The molecular formula is C13H15BrF3NO. The van der Waals surface area contributed by atoms with Crippen molar-refractivity contribution in [3.8, 4) is 0 Å². The van der Waals surface area contributed by atoms with Crippen LogP contribution in [0.2, 0.25) is 0 Å². The Labute approximate surface area is 118 Å². The topological polar surface area (TPSA) is 32.3 Å². The molecule has 1 fully saturated rings. The largest absolute Gasteiger partial charge is 0.417 e. The Balaban J connectivity index is 2.09. The highest BCUT2D eigenvalue weighted by atomic mass is 79.9. The lowest BCUT2D eigenvalue weighted by Crippen LogP contribution is -2.33. The molecule has 1 aliphatic carbocycles. The molecule has 0 amide bonds. The van der Waals surface area contributed by atoms with Crippen LogP contribution in [0.15, 0.2) is 22.7 Å². The van der Waals surface area contributed by atoms with E-state index in [0.29, 0.717) is 18.5 Å². The number of hydrogen-bond donors (Lipinski definition) is 2. The van der Waals surface area contributed by atoms with E-state index >= 15 is 0 Å². The first-order chi connectivity index (χ1) is 8.80. The number of hydrogen-bond acceptors (Lipinski definition) is 2. The number of rotatable bonds is 3. The van der Waals surface area contributed by atoms with Crippen molar-refractivity contribution >= 4 is 21.6 Å². The van der Waals surface area contributed by atoms with Crippen molar-refractivity contribution in [3.05, 3.63) is 28.2 Å². The van der Waals surface area contributed by atoms with Gasteiger partial charge in [-0.3, -0.25) is 0 Å². The molecule has 0 spiro atoms. The van der Waals surface area contributed by atoms with Crippen LogP contribution in [0, 0.1) is 0 Å². The summed E-state index contributed by atoms with van der Waals surface area (Å²) in [6, 6.07) is 3.99. The van der Waals surface area contributed by atoms with Crippen molar-refractivity contribution in [1.29, 1.82) is 0 Å². The van der Waals surface area contributed by atoms with Crippen molar-refractivity contribution in [2.75, 3.05) is 11.9 Å². The van der Waals surface area contributed by atoms with Gasteiger partial charge in [-0.15, -0.1) is 0 Å². The van der Waals surface area contributed by atoms with E-state index in [2.05, 4.69) is 21.2 Å². The van der Waals surface area contributed by atoms with Crippen LogP contribution < -0.4 is 5.32 Å². The molecule has 1 saturated carbocycles. The summed E-state index contributed by atoms with van der Waals surface area (Å²) in [5.74, 6) is 0. The van der Waals surface area contributed by atoms with Crippen LogP contribution in [0.4, 0.5) is 18.9 Å². The highest BCUT2D eigenvalue weighted by Gasteiger charge is 2.34. The third kappa shape index (κ3) is 3.63. The maximum atomic E-state index is 12.7. The molecule has 0 aliphatic heterocycles. The number of aliphatic hydroxyl groups is 1. The summed E-state index contributed by atoms with van der Waals surface area (Å²) in [5.41, 5.74) is -1.13. The van der Waals surface area contributed by atoms with Gasteiger partial charge in [0, 0.05) is 16.7 Å². The van der Waals surface area contributed by atoms with Crippen molar-refractivity contribution in [3.63, 3.8) is 0 Å². The Hall–Kier alpha value is -0.750. The van der Waals surface area contributed by atoms with Crippen LogP contribution >= 0.6 is 15.9 Å². The third-order valence-corrected chi connectivity index (χ3v) is 4.12. The molecule has 0 aromatic heterocycles. The molecule has 0 heterocycles. The number of alkyl halides is 3. The SMILES string of the molecule is OC1(CNc2ccc(Br)c(C(F)(F)F)c2)CCCC1. The third-order valence-electron chi connectivity index (χ3n) is 3.43. The molecule has 2 rings (SSSR count). The second-order valence-corrected chi connectivity index (χ2v) is 5.83. The van der Waals surface area contributed by atoms with Gasteiger partial charge in [-0.1, -0.05) is 28.8 Å². The molecule has 0 unspecified atom stereocenters. The standard InChI is InChI=1S/C13H15BrF3NO/c14-11-4-3-9(7-10(11)13(15,16)17)18-8-12(19)5-1-2-6-12/h3-4,7,18-19H,1-2,5-6,8H2. The van der Waals surface area contributed by atoms with E-state index < -0.39 is 17.3 Å². The Morgan fingerprint density at radius 3 is 2.47 bits per heavy atom. The first-order valence-corrected chi connectivity index (χ1v) is 6.92. The van der Waals surface area contributed by atoms with Gasteiger partial charge in [-0.05, 0) is 31.0 Å². The first kappa shape index (κ1) is 14.7. The van der Waals surface area contributed by atoms with E-state index in [-0.39, 0.29) is 11.0 Å². The first-order valence-electron chi connectivity index (χ1n) is 6.13. The molecule has 1 aromatic carbocycles. The molecule has 2 nitrogen and oxygen atoms in total. The summed E-state index contributed by atoms with van der Waals surface area (Å²) >= 11 is 2.90. The summed E-state index contributed by atoms with van der Waals surface area (Å²) in [6.45, 7) is 0.284. The van der Waals surface area contributed by atoms with E-state index in [0.717, 1.165) is 18.9 Å². The Kier molecular flexibility index (Phi) is 4.11. The van der Waals surface area contributed by atoms with Gasteiger partial charge in [0.2, 0.25) is 0 Å². The minimum Gasteiger partial charge on any atom is -0.388 e. The van der Waals surface area contributed by atoms with Crippen molar-refractivity contribution in [2.45, 2.75) is 37.5 Å². The highest BCUT2D eigenvalue weighted by molar-refractivity contribution is 9.10. The molecule has 0 bridgehead atoms. The van der Waals surface area contributed by atoms with Gasteiger partial charge < -0.3 is 10.4 Å². The van der Waals surface area contributed by atoms with Crippen LogP contribution in [0.5, 0.6) is 0 Å². The number of halogens is 4. The summed E-state index contributed by atoms with van der Waals surface area (Å²) in [6.07, 6.45) is -1.06. The van der Waals surface area contributed by atoms with Crippen LogP contribution in [0.25, 0.3) is 0 Å². The predicted octanol–water partition coefficient (Wildman–Crippen LogP) is 4.18. The molecule has 0 atom stereocenters. The number of anilines is 1. The minimum atomic E-state index is -4.39. The van der Waals surface area contributed by atoms with Crippen LogP contribution in [0.3, 0.4) is 0 Å². The monoisotopic (exact) mass is 337 g/mol. The van der Waals surface area contributed by atoms with E-state index in [1.807, 2.05) is 0 Å². The van der Waals surface area contributed by atoms with Crippen molar-refractivity contribution in [1.82, 2.24) is 0 Å². The lowest BCUT2D eigenvalue weighted by Gasteiger charge is -2.23. The Bertz CT molecular complexity index is 456. The summed E-state index contributed by atoms with van der Waals surface area (Å²) in [4.78, 5) is 0. The fourth-order valence-electron chi connectivity index (χ4n) is 2.33. The zero-order valence-electron chi connectivity index (χ0n) is 10.2. The normalized spacial score (nSPS) is 18.6. The molecule has 0 radical (unpaired) electrons.